The summed E-state index contributed by atoms with van der Waals surface area (Å²) < 4.78 is 19.0. The van der Waals surface area contributed by atoms with Gasteiger partial charge in [-0.25, -0.2) is 4.39 Å². The Bertz CT molecular complexity index is 657. The summed E-state index contributed by atoms with van der Waals surface area (Å²) in [6, 6.07) is 5.30. The first-order valence-corrected chi connectivity index (χ1v) is 8.11. The van der Waals surface area contributed by atoms with Crippen molar-refractivity contribution in [2.24, 2.45) is 0 Å². The molecule has 1 aliphatic heterocycles. The zero-order valence-electron chi connectivity index (χ0n) is 13.3. The van der Waals surface area contributed by atoms with E-state index >= 15 is 0 Å². The SMILES string of the molecule is Cc1ccc(-c2noc(CN3CCCC[C@H]3CCO)n2)cc1F. The number of hydrogen-bond donors (Lipinski definition) is 1. The van der Waals surface area contributed by atoms with Gasteiger partial charge >= 0.3 is 0 Å². The van der Waals surface area contributed by atoms with Gasteiger partial charge in [0.25, 0.3) is 0 Å². The molecule has 0 unspecified atom stereocenters. The van der Waals surface area contributed by atoms with Crippen LogP contribution in [-0.2, 0) is 6.54 Å². The first kappa shape index (κ1) is 16.1. The fraction of sp³-hybridized carbons (Fsp3) is 0.529. The number of aliphatic hydroxyl groups excluding tert-OH is 1. The molecule has 0 bridgehead atoms. The summed E-state index contributed by atoms with van der Waals surface area (Å²) in [4.78, 5) is 6.68. The summed E-state index contributed by atoms with van der Waals surface area (Å²) in [5, 5.41) is 13.2. The Hall–Kier alpha value is -1.79. The monoisotopic (exact) mass is 319 g/mol. The predicted octanol–water partition coefficient (Wildman–Crippen LogP) is 2.92. The molecule has 124 valence electrons. The molecule has 0 radical (unpaired) electrons. The maximum Gasteiger partial charge on any atom is 0.241 e. The van der Waals surface area contributed by atoms with Crippen molar-refractivity contribution in [3.63, 3.8) is 0 Å². The Labute approximate surface area is 135 Å². The van der Waals surface area contributed by atoms with Crippen LogP contribution in [0.25, 0.3) is 11.4 Å². The van der Waals surface area contributed by atoms with Crippen LogP contribution in [0.3, 0.4) is 0 Å². The number of rotatable bonds is 5. The van der Waals surface area contributed by atoms with E-state index in [-0.39, 0.29) is 12.4 Å². The van der Waals surface area contributed by atoms with E-state index in [0.717, 1.165) is 25.8 Å². The highest BCUT2D eigenvalue weighted by molar-refractivity contribution is 5.54. The average Bonchev–Trinajstić information content (AvgIpc) is 3.01. The van der Waals surface area contributed by atoms with Crippen molar-refractivity contribution in [1.29, 1.82) is 0 Å². The highest BCUT2D eigenvalue weighted by atomic mass is 19.1. The molecule has 1 aromatic carbocycles. The van der Waals surface area contributed by atoms with Gasteiger partial charge in [0.1, 0.15) is 5.82 Å². The van der Waals surface area contributed by atoms with E-state index < -0.39 is 0 Å². The molecule has 0 spiro atoms. The van der Waals surface area contributed by atoms with E-state index in [1.807, 2.05) is 0 Å². The first-order chi connectivity index (χ1) is 11.2. The summed E-state index contributed by atoms with van der Waals surface area (Å²) in [6.07, 6.45) is 4.19. The van der Waals surface area contributed by atoms with Crippen LogP contribution in [0.4, 0.5) is 4.39 Å². The van der Waals surface area contributed by atoms with E-state index in [9.17, 15) is 9.50 Å². The number of hydrogen-bond acceptors (Lipinski definition) is 5. The minimum Gasteiger partial charge on any atom is -0.396 e. The minimum atomic E-state index is -0.270. The van der Waals surface area contributed by atoms with Crippen LogP contribution in [0.2, 0.25) is 0 Å². The summed E-state index contributed by atoms with van der Waals surface area (Å²) in [5.41, 5.74) is 1.21. The number of aryl methyl sites for hydroxylation is 1. The smallest absolute Gasteiger partial charge is 0.241 e. The molecular formula is C17H22FN3O2. The van der Waals surface area contributed by atoms with Crippen molar-refractivity contribution in [1.82, 2.24) is 15.0 Å². The topological polar surface area (TPSA) is 62.4 Å². The van der Waals surface area contributed by atoms with Gasteiger partial charge in [0.15, 0.2) is 0 Å². The maximum atomic E-state index is 13.7. The number of benzene rings is 1. The van der Waals surface area contributed by atoms with Crippen molar-refractivity contribution in [2.75, 3.05) is 13.2 Å². The lowest BCUT2D eigenvalue weighted by atomic mass is 10.00. The normalized spacial score (nSPS) is 19.2. The van der Waals surface area contributed by atoms with E-state index in [1.54, 1.807) is 19.1 Å². The van der Waals surface area contributed by atoms with Crippen LogP contribution < -0.4 is 0 Å². The van der Waals surface area contributed by atoms with Gasteiger partial charge in [0.2, 0.25) is 11.7 Å². The summed E-state index contributed by atoms with van der Waals surface area (Å²) in [5.74, 6) is 0.674. The molecule has 3 rings (SSSR count). The zero-order valence-corrected chi connectivity index (χ0v) is 13.3. The van der Waals surface area contributed by atoms with Gasteiger partial charge < -0.3 is 9.63 Å². The highest BCUT2D eigenvalue weighted by Gasteiger charge is 2.24. The predicted molar refractivity (Wildman–Crippen MR) is 84.2 cm³/mol. The zero-order chi connectivity index (χ0) is 16.2. The van der Waals surface area contributed by atoms with E-state index in [1.165, 1.54) is 12.5 Å². The third-order valence-corrected chi connectivity index (χ3v) is 4.45. The molecule has 0 saturated carbocycles. The summed E-state index contributed by atoms with van der Waals surface area (Å²) in [7, 11) is 0. The lowest BCUT2D eigenvalue weighted by Gasteiger charge is -2.34. The van der Waals surface area contributed by atoms with Gasteiger partial charge in [-0.3, -0.25) is 4.90 Å². The van der Waals surface area contributed by atoms with Crippen LogP contribution >= 0.6 is 0 Å². The van der Waals surface area contributed by atoms with Crippen molar-refractivity contribution < 1.29 is 14.0 Å². The molecule has 1 aromatic heterocycles. The third kappa shape index (κ3) is 3.76. The average molecular weight is 319 g/mol. The lowest BCUT2D eigenvalue weighted by molar-refractivity contribution is 0.100. The Morgan fingerprint density at radius 3 is 3.04 bits per heavy atom. The molecule has 1 N–H and O–H groups in total. The number of halogens is 1. The van der Waals surface area contributed by atoms with Crippen molar-refractivity contribution in [3.8, 4) is 11.4 Å². The second kappa shape index (κ2) is 7.19. The molecule has 1 aliphatic rings. The molecule has 1 atom stereocenters. The van der Waals surface area contributed by atoms with E-state index in [4.69, 9.17) is 4.52 Å². The molecule has 0 amide bonds. The largest absolute Gasteiger partial charge is 0.396 e. The second-order valence-electron chi connectivity index (χ2n) is 6.11. The van der Waals surface area contributed by atoms with Crippen LogP contribution in [0, 0.1) is 12.7 Å². The Kier molecular flexibility index (Phi) is 5.03. The molecule has 23 heavy (non-hydrogen) atoms. The van der Waals surface area contributed by atoms with Gasteiger partial charge in [0.05, 0.1) is 6.54 Å². The molecule has 2 heterocycles. The molecular weight excluding hydrogens is 297 g/mol. The molecule has 0 aliphatic carbocycles. The highest BCUT2D eigenvalue weighted by Crippen LogP contribution is 2.23. The van der Waals surface area contributed by atoms with Gasteiger partial charge in [-0.15, -0.1) is 0 Å². The quantitative estimate of drug-likeness (QED) is 0.918. The number of aliphatic hydroxyl groups is 1. The van der Waals surface area contributed by atoms with Gasteiger partial charge in [-0.05, 0) is 44.4 Å². The summed E-state index contributed by atoms with van der Waals surface area (Å²) in [6.45, 7) is 3.46. The van der Waals surface area contributed by atoms with Crippen molar-refractivity contribution in [3.05, 3.63) is 35.5 Å². The van der Waals surface area contributed by atoms with Crippen LogP contribution in [0.5, 0.6) is 0 Å². The fourth-order valence-electron chi connectivity index (χ4n) is 3.09. The van der Waals surface area contributed by atoms with Gasteiger partial charge in [-0.2, -0.15) is 4.98 Å². The number of piperidine rings is 1. The minimum absolute atomic E-state index is 0.193. The van der Waals surface area contributed by atoms with E-state index in [0.29, 0.717) is 35.4 Å². The maximum absolute atomic E-state index is 13.7. The lowest BCUT2D eigenvalue weighted by Crippen LogP contribution is -2.39. The third-order valence-electron chi connectivity index (χ3n) is 4.45. The van der Waals surface area contributed by atoms with Crippen molar-refractivity contribution in [2.45, 2.75) is 45.2 Å². The fourth-order valence-corrected chi connectivity index (χ4v) is 3.09. The van der Waals surface area contributed by atoms with Crippen LogP contribution in [-0.4, -0.2) is 39.3 Å². The van der Waals surface area contributed by atoms with Gasteiger partial charge in [-0.1, -0.05) is 23.7 Å². The van der Waals surface area contributed by atoms with Crippen LogP contribution in [0.15, 0.2) is 22.7 Å². The second-order valence-corrected chi connectivity index (χ2v) is 6.11. The molecule has 1 saturated heterocycles. The Morgan fingerprint density at radius 2 is 2.26 bits per heavy atom. The number of aromatic nitrogens is 2. The number of nitrogens with zero attached hydrogens (tertiary/aromatic N) is 3. The molecule has 5 nitrogen and oxygen atoms in total. The number of likely N-dealkylation sites (tertiary alicyclic amines) is 1. The molecule has 6 heteroatoms. The van der Waals surface area contributed by atoms with E-state index in [2.05, 4.69) is 15.0 Å². The summed E-state index contributed by atoms with van der Waals surface area (Å²) >= 11 is 0. The Morgan fingerprint density at radius 1 is 1.39 bits per heavy atom. The van der Waals surface area contributed by atoms with Crippen molar-refractivity contribution >= 4 is 0 Å². The Balaban J connectivity index is 1.72. The van der Waals surface area contributed by atoms with Crippen LogP contribution in [0.1, 0.15) is 37.1 Å². The molecule has 1 fully saturated rings. The standard InChI is InChI=1S/C17H22FN3O2/c1-12-5-6-13(10-15(12)18)17-19-16(23-20-17)11-21-8-3-2-4-14(21)7-9-22/h5-6,10,14,22H,2-4,7-9,11H2,1H3/t14-/m0/s1. The molecule has 2 aromatic rings. The first-order valence-electron chi connectivity index (χ1n) is 8.11. The van der Waals surface area contributed by atoms with Gasteiger partial charge in [0, 0.05) is 18.2 Å².